The highest BCUT2D eigenvalue weighted by molar-refractivity contribution is 6.30. The number of anilines is 1. The molecule has 6 heteroatoms. The highest BCUT2D eigenvalue weighted by Crippen LogP contribution is 2.30. The van der Waals surface area contributed by atoms with Gasteiger partial charge in [-0.1, -0.05) is 18.5 Å². The molecule has 0 bridgehead atoms. The van der Waals surface area contributed by atoms with E-state index in [2.05, 4.69) is 28.4 Å². The van der Waals surface area contributed by atoms with Crippen LogP contribution < -0.4 is 4.90 Å². The minimum Gasteiger partial charge on any atom is -0.378 e. The third-order valence-corrected chi connectivity index (χ3v) is 4.06. The number of ether oxygens (including phenoxy) is 1. The molecule has 0 N–H and O–H groups in total. The summed E-state index contributed by atoms with van der Waals surface area (Å²) in [6, 6.07) is 2.24. The largest absolute Gasteiger partial charge is 0.378 e. The maximum atomic E-state index is 6.05. The number of hydrogen-bond donors (Lipinski definition) is 0. The molecule has 1 atom stereocenters. The molecule has 0 saturated carbocycles. The molecule has 1 saturated heterocycles. The smallest absolute Gasteiger partial charge is 0.160 e. The van der Waals surface area contributed by atoms with E-state index in [1.54, 1.807) is 0 Å². The van der Waals surface area contributed by atoms with Crippen molar-refractivity contribution in [1.82, 2.24) is 14.8 Å². The summed E-state index contributed by atoms with van der Waals surface area (Å²) < 4.78 is 7.48. The summed E-state index contributed by atoms with van der Waals surface area (Å²) in [5.41, 5.74) is 1.06. The third kappa shape index (κ3) is 2.36. The Morgan fingerprint density at radius 3 is 2.85 bits per heavy atom. The van der Waals surface area contributed by atoms with Crippen LogP contribution in [-0.4, -0.2) is 41.1 Å². The summed E-state index contributed by atoms with van der Waals surface area (Å²) in [5, 5.41) is 6.39. The first-order chi connectivity index (χ1) is 9.70. The van der Waals surface area contributed by atoms with E-state index in [4.69, 9.17) is 21.4 Å². The number of hydrogen-bond acceptors (Lipinski definition) is 4. The van der Waals surface area contributed by atoms with Crippen molar-refractivity contribution in [3.63, 3.8) is 0 Å². The van der Waals surface area contributed by atoms with Gasteiger partial charge < -0.3 is 9.64 Å². The van der Waals surface area contributed by atoms with Crippen LogP contribution in [0.3, 0.4) is 0 Å². The Balaban J connectivity index is 2.12. The van der Waals surface area contributed by atoms with Crippen molar-refractivity contribution in [3.8, 4) is 0 Å². The van der Waals surface area contributed by atoms with E-state index in [0.29, 0.717) is 11.2 Å². The topological polar surface area (TPSA) is 43.2 Å². The lowest BCUT2D eigenvalue weighted by atomic mass is 10.2. The Labute approximate surface area is 123 Å². The number of halogens is 1. The van der Waals surface area contributed by atoms with Gasteiger partial charge in [-0.2, -0.15) is 5.10 Å². The number of nitrogens with zero attached hydrogens (tertiary/aromatic N) is 4. The average molecular weight is 295 g/mol. The molecular weight excluding hydrogens is 276 g/mol. The van der Waals surface area contributed by atoms with E-state index >= 15 is 0 Å². The monoisotopic (exact) mass is 294 g/mol. The number of pyridine rings is 1. The molecule has 0 aliphatic carbocycles. The lowest BCUT2D eigenvalue weighted by Crippen LogP contribution is -2.36. The molecule has 5 nitrogen and oxygen atoms in total. The molecule has 0 radical (unpaired) electrons. The predicted octanol–water partition coefficient (Wildman–Crippen LogP) is 2.89. The molecule has 2 aromatic heterocycles. The van der Waals surface area contributed by atoms with Crippen molar-refractivity contribution in [3.05, 3.63) is 17.4 Å². The molecule has 0 spiro atoms. The zero-order chi connectivity index (χ0) is 14.1. The van der Waals surface area contributed by atoms with Crippen LogP contribution in [-0.2, 0) is 4.74 Å². The van der Waals surface area contributed by atoms with E-state index in [1.165, 1.54) is 0 Å². The summed E-state index contributed by atoms with van der Waals surface area (Å²) >= 11 is 6.05. The first kappa shape index (κ1) is 13.6. The molecule has 2 aromatic rings. The highest BCUT2D eigenvalue weighted by Gasteiger charge is 2.21. The minimum absolute atomic E-state index is 0.339. The van der Waals surface area contributed by atoms with Crippen LogP contribution >= 0.6 is 11.6 Å². The fourth-order valence-electron chi connectivity index (χ4n) is 2.51. The Hall–Kier alpha value is -1.33. The standard InChI is InChI=1S/C14H19ClN4O/c1-3-10(2)19-12-8-13(15)16-9-11(12)14(17-19)18-4-6-20-7-5-18/h8-10H,3-7H2,1-2H3/t10-/m1/s1. The summed E-state index contributed by atoms with van der Waals surface area (Å²) in [4.78, 5) is 6.48. The van der Waals surface area contributed by atoms with E-state index in [0.717, 1.165) is 49.4 Å². The van der Waals surface area contributed by atoms with Crippen LogP contribution in [0.4, 0.5) is 5.82 Å². The Morgan fingerprint density at radius 2 is 2.15 bits per heavy atom. The van der Waals surface area contributed by atoms with E-state index < -0.39 is 0 Å². The van der Waals surface area contributed by atoms with Gasteiger partial charge in [-0.15, -0.1) is 0 Å². The van der Waals surface area contributed by atoms with Crippen LogP contribution in [0.2, 0.25) is 5.15 Å². The van der Waals surface area contributed by atoms with Crippen LogP contribution in [0, 0.1) is 0 Å². The van der Waals surface area contributed by atoms with Gasteiger partial charge in [-0.25, -0.2) is 4.98 Å². The van der Waals surface area contributed by atoms with E-state index in [-0.39, 0.29) is 0 Å². The number of morpholine rings is 1. The first-order valence-electron chi connectivity index (χ1n) is 7.07. The van der Waals surface area contributed by atoms with Crippen molar-refractivity contribution in [1.29, 1.82) is 0 Å². The summed E-state index contributed by atoms with van der Waals surface area (Å²) in [5.74, 6) is 0.993. The molecule has 0 amide bonds. The molecule has 1 aliphatic rings. The van der Waals surface area contributed by atoms with Crippen LogP contribution in [0.5, 0.6) is 0 Å². The average Bonchev–Trinajstić information content (AvgIpc) is 2.86. The van der Waals surface area contributed by atoms with Gasteiger partial charge in [0.2, 0.25) is 0 Å². The van der Waals surface area contributed by atoms with E-state index in [1.807, 2.05) is 12.3 Å². The van der Waals surface area contributed by atoms with Gasteiger partial charge in [0.1, 0.15) is 5.15 Å². The molecule has 3 rings (SSSR count). The molecule has 3 heterocycles. The van der Waals surface area contributed by atoms with Crippen molar-refractivity contribution >= 4 is 28.3 Å². The lowest BCUT2D eigenvalue weighted by Gasteiger charge is -2.26. The van der Waals surface area contributed by atoms with Gasteiger partial charge >= 0.3 is 0 Å². The fraction of sp³-hybridized carbons (Fsp3) is 0.571. The lowest BCUT2D eigenvalue weighted by molar-refractivity contribution is 0.122. The number of rotatable bonds is 3. The maximum Gasteiger partial charge on any atom is 0.160 e. The van der Waals surface area contributed by atoms with Gasteiger partial charge in [0.05, 0.1) is 24.1 Å². The van der Waals surface area contributed by atoms with Crippen molar-refractivity contribution in [2.24, 2.45) is 0 Å². The Morgan fingerprint density at radius 1 is 1.40 bits per heavy atom. The predicted molar refractivity (Wildman–Crippen MR) is 80.6 cm³/mol. The third-order valence-electron chi connectivity index (χ3n) is 3.86. The quantitative estimate of drug-likeness (QED) is 0.817. The van der Waals surface area contributed by atoms with Crippen LogP contribution in [0.1, 0.15) is 26.3 Å². The van der Waals surface area contributed by atoms with Crippen molar-refractivity contribution in [2.45, 2.75) is 26.3 Å². The van der Waals surface area contributed by atoms with E-state index in [9.17, 15) is 0 Å². The molecule has 0 unspecified atom stereocenters. The second kappa shape index (κ2) is 5.58. The number of fused-ring (bicyclic) bond motifs is 1. The number of aromatic nitrogens is 3. The van der Waals surface area contributed by atoms with Gasteiger partial charge in [0.25, 0.3) is 0 Å². The highest BCUT2D eigenvalue weighted by atomic mass is 35.5. The summed E-state index contributed by atoms with van der Waals surface area (Å²) in [6.07, 6.45) is 2.85. The first-order valence-corrected chi connectivity index (χ1v) is 7.45. The van der Waals surface area contributed by atoms with Gasteiger partial charge in [0.15, 0.2) is 5.82 Å². The Kier molecular flexibility index (Phi) is 3.81. The maximum absolute atomic E-state index is 6.05. The zero-order valence-electron chi connectivity index (χ0n) is 11.8. The van der Waals surface area contributed by atoms with Gasteiger partial charge in [-0.05, 0) is 13.3 Å². The zero-order valence-corrected chi connectivity index (χ0v) is 12.6. The summed E-state index contributed by atoms with van der Waals surface area (Å²) in [6.45, 7) is 7.57. The second-order valence-electron chi connectivity index (χ2n) is 5.15. The van der Waals surface area contributed by atoms with Crippen molar-refractivity contribution in [2.75, 3.05) is 31.2 Å². The molecular formula is C14H19ClN4O. The SMILES string of the molecule is CC[C@@H](C)n1nc(N2CCOCC2)c2cnc(Cl)cc21. The molecule has 0 aromatic carbocycles. The van der Waals surface area contributed by atoms with Crippen molar-refractivity contribution < 1.29 is 4.74 Å². The normalized spacial score (nSPS) is 17.6. The Bertz CT molecular complexity index is 606. The van der Waals surface area contributed by atoms with Gasteiger partial charge in [-0.3, -0.25) is 4.68 Å². The fourth-order valence-corrected chi connectivity index (χ4v) is 2.66. The molecule has 1 aliphatic heterocycles. The molecule has 1 fully saturated rings. The second-order valence-corrected chi connectivity index (χ2v) is 5.54. The van der Waals surface area contributed by atoms with Crippen LogP contribution in [0.15, 0.2) is 12.3 Å². The summed E-state index contributed by atoms with van der Waals surface area (Å²) in [7, 11) is 0. The van der Waals surface area contributed by atoms with Crippen LogP contribution in [0.25, 0.3) is 10.9 Å². The molecule has 108 valence electrons. The minimum atomic E-state index is 0.339. The molecule has 20 heavy (non-hydrogen) atoms. The van der Waals surface area contributed by atoms with Gasteiger partial charge in [0, 0.05) is 31.4 Å².